The molecular weight excluding hydrogens is 404 g/mol. The van der Waals surface area contributed by atoms with Crippen LogP contribution in [0.15, 0.2) is 84.9 Å². The average Bonchev–Trinajstić information content (AvgIpc) is 3.19. The van der Waals surface area contributed by atoms with Gasteiger partial charge in [-0.15, -0.1) is 11.8 Å². The average molecular weight is 431 g/mol. The molecule has 0 aromatic heterocycles. The van der Waals surface area contributed by atoms with E-state index < -0.39 is 0 Å². The summed E-state index contributed by atoms with van der Waals surface area (Å²) in [5, 5.41) is 3.04. The van der Waals surface area contributed by atoms with E-state index in [1.54, 1.807) is 11.8 Å². The minimum absolute atomic E-state index is 0.00318. The predicted molar refractivity (Wildman–Crippen MR) is 126 cm³/mol. The van der Waals surface area contributed by atoms with E-state index in [-0.39, 0.29) is 23.2 Å². The second kappa shape index (κ2) is 9.84. The van der Waals surface area contributed by atoms with Gasteiger partial charge in [-0.2, -0.15) is 0 Å². The SMILES string of the molecule is C[C@@H](NC(=O)c1ccc([C@H]2SCC(=O)N2CCc2ccccc2)cc1)c1ccccc1. The minimum atomic E-state index is -0.0982. The quantitative estimate of drug-likeness (QED) is 0.574. The van der Waals surface area contributed by atoms with Crippen LogP contribution in [-0.2, 0) is 11.2 Å². The van der Waals surface area contributed by atoms with Gasteiger partial charge >= 0.3 is 0 Å². The molecule has 1 fully saturated rings. The molecular formula is C26H26N2O2S. The summed E-state index contributed by atoms with van der Waals surface area (Å²) in [5.74, 6) is 0.569. The fourth-order valence-corrected chi connectivity index (χ4v) is 4.99. The highest BCUT2D eigenvalue weighted by Gasteiger charge is 2.32. The lowest BCUT2D eigenvalue weighted by Gasteiger charge is -2.24. The molecule has 0 saturated carbocycles. The number of benzene rings is 3. The molecule has 3 aromatic rings. The van der Waals surface area contributed by atoms with Gasteiger partial charge in [0.05, 0.1) is 11.8 Å². The van der Waals surface area contributed by atoms with E-state index in [1.165, 1.54) is 5.56 Å². The lowest BCUT2D eigenvalue weighted by atomic mass is 10.1. The van der Waals surface area contributed by atoms with E-state index in [1.807, 2.05) is 84.6 Å². The Morgan fingerprint density at radius 3 is 2.32 bits per heavy atom. The Labute approximate surface area is 187 Å². The van der Waals surface area contributed by atoms with Gasteiger partial charge in [0.25, 0.3) is 5.91 Å². The molecule has 0 unspecified atom stereocenters. The number of rotatable bonds is 7. The van der Waals surface area contributed by atoms with Crippen molar-refractivity contribution >= 4 is 23.6 Å². The molecule has 4 rings (SSSR count). The van der Waals surface area contributed by atoms with Crippen molar-refractivity contribution in [2.24, 2.45) is 0 Å². The lowest BCUT2D eigenvalue weighted by Crippen LogP contribution is -2.30. The van der Waals surface area contributed by atoms with Crippen LogP contribution in [0.2, 0.25) is 0 Å². The van der Waals surface area contributed by atoms with E-state index in [4.69, 9.17) is 0 Å². The van der Waals surface area contributed by atoms with Crippen LogP contribution in [-0.4, -0.2) is 29.0 Å². The molecule has 1 N–H and O–H groups in total. The zero-order chi connectivity index (χ0) is 21.6. The summed E-state index contributed by atoms with van der Waals surface area (Å²) in [5.41, 5.74) is 3.97. The van der Waals surface area contributed by atoms with E-state index in [2.05, 4.69) is 17.4 Å². The third kappa shape index (κ3) is 5.17. The zero-order valence-electron chi connectivity index (χ0n) is 17.5. The Hall–Kier alpha value is -3.05. The molecule has 0 spiro atoms. The zero-order valence-corrected chi connectivity index (χ0v) is 18.3. The van der Waals surface area contributed by atoms with Gasteiger partial charge in [-0.25, -0.2) is 0 Å². The standard InChI is InChI=1S/C26H26N2O2S/c1-19(21-10-6-3-7-11-21)27-25(30)22-12-14-23(15-13-22)26-28(24(29)18-31-26)17-16-20-8-4-2-5-9-20/h2-15,19,26H,16-18H2,1H3,(H,27,30)/t19-,26-/m1/s1. The first-order chi connectivity index (χ1) is 15.1. The van der Waals surface area contributed by atoms with Crippen molar-refractivity contribution < 1.29 is 9.59 Å². The number of nitrogens with one attached hydrogen (secondary N) is 1. The maximum absolute atomic E-state index is 12.7. The van der Waals surface area contributed by atoms with E-state index >= 15 is 0 Å². The van der Waals surface area contributed by atoms with Gasteiger partial charge in [-0.3, -0.25) is 9.59 Å². The maximum Gasteiger partial charge on any atom is 0.251 e. The molecule has 2 amide bonds. The van der Waals surface area contributed by atoms with Crippen LogP contribution in [0.1, 0.15) is 45.4 Å². The maximum atomic E-state index is 12.7. The molecule has 158 valence electrons. The molecule has 5 heteroatoms. The fraction of sp³-hybridized carbons (Fsp3) is 0.231. The summed E-state index contributed by atoms with van der Waals surface area (Å²) in [6.45, 7) is 2.67. The number of amides is 2. The molecule has 0 bridgehead atoms. The van der Waals surface area contributed by atoms with Crippen LogP contribution < -0.4 is 5.32 Å². The van der Waals surface area contributed by atoms with Crippen molar-refractivity contribution in [1.82, 2.24) is 10.2 Å². The van der Waals surface area contributed by atoms with Crippen molar-refractivity contribution in [2.45, 2.75) is 24.8 Å². The van der Waals surface area contributed by atoms with Crippen LogP contribution in [0.4, 0.5) is 0 Å². The van der Waals surface area contributed by atoms with E-state index in [0.29, 0.717) is 17.9 Å². The molecule has 1 saturated heterocycles. The van der Waals surface area contributed by atoms with Crippen LogP contribution in [0.3, 0.4) is 0 Å². The van der Waals surface area contributed by atoms with Crippen LogP contribution in [0.5, 0.6) is 0 Å². The Balaban J connectivity index is 1.40. The first kappa shape index (κ1) is 21.2. The Morgan fingerprint density at radius 1 is 1.00 bits per heavy atom. The highest BCUT2D eigenvalue weighted by molar-refractivity contribution is 8.00. The van der Waals surface area contributed by atoms with Gasteiger partial charge in [0, 0.05) is 12.1 Å². The number of hydrogen-bond acceptors (Lipinski definition) is 3. The second-order valence-electron chi connectivity index (χ2n) is 7.71. The molecule has 1 heterocycles. The molecule has 0 aliphatic carbocycles. The van der Waals surface area contributed by atoms with Crippen molar-refractivity contribution in [3.63, 3.8) is 0 Å². The van der Waals surface area contributed by atoms with Crippen molar-refractivity contribution in [3.05, 3.63) is 107 Å². The molecule has 1 aliphatic rings. The second-order valence-corrected chi connectivity index (χ2v) is 8.78. The molecule has 3 aromatic carbocycles. The third-order valence-electron chi connectivity index (χ3n) is 5.56. The summed E-state index contributed by atoms with van der Waals surface area (Å²) in [6.07, 6.45) is 0.835. The first-order valence-corrected chi connectivity index (χ1v) is 11.6. The summed E-state index contributed by atoms with van der Waals surface area (Å²) in [6, 6.07) is 27.7. The number of hydrogen-bond donors (Lipinski definition) is 1. The van der Waals surface area contributed by atoms with Gasteiger partial charge < -0.3 is 10.2 Å². The number of carbonyl (C=O) groups is 2. The van der Waals surface area contributed by atoms with Crippen molar-refractivity contribution in [1.29, 1.82) is 0 Å². The van der Waals surface area contributed by atoms with Crippen molar-refractivity contribution in [3.8, 4) is 0 Å². The molecule has 2 atom stereocenters. The van der Waals surface area contributed by atoms with E-state index in [9.17, 15) is 9.59 Å². The monoisotopic (exact) mass is 430 g/mol. The normalized spacial score (nSPS) is 16.9. The fourth-order valence-electron chi connectivity index (χ4n) is 3.77. The van der Waals surface area contributed by atoms with Gasteiger partial charge in [-0.1, -0.05) is 72.8 Å². The van der Waals surface area contributed by atoms with Gasteiger partial charge in [0.1, 0.15) is 5.37 Å². The van der Waals surface area contributed by atoms with Gasteiger partial charge in [0.2, 0.25) is 5.91 Å². The predicted octanol–water partition coefficient (Wildman–Crippen LogP) is 4.99. The number of nitrogens with zero attached hydrogens (tertiary/aromatic N) is 1. The summed E-state index contributed by atoms with van der Waals surface area (Å²) < 4.78 is 0. The number of carbonyl (C=O) groups excluding carboxylic acids is 2. The molecule has 4 nitrogen and oxygen atoms in total. The molecule has 0 radical (unpaired) electrons. The smallest absolute Gasteiger partial charge is 0.251 e. The summed E-state index contributed by atoms with van der Waals surface area (Å²) in [7, 11) is 0. The van der Waals surface area contributed by atoms with Crippen LogP contribution >= 0.6 is 11.8 Å². The summed E-state index contributed by atoms with van der Waals surface area (Å²) in [4.78, 5) is 27.1. The third-order valence-corrected chi connectivity index (χ3v) is 6.81. The van der Waals surface area contributed by atoms with Crippen molar-refractivity contribution in [2.75, 3.05) is 12.3 Å². The van der Waals surface area contributed by atoms with Gasteiger partial charge in [0.15, 0.2) is 0 Å². The van der Waals surface area contributed by atoms with Gasteiger partial charge in [-0.05, 0) is 42.2 Å². The molecule has 1 aliphatic heterocycles. The summed E-state index contributed by atoms with van der Waals surface area (Å²) >= 11 is 1.64. The Kier molecular flexibility index (Phi) is 6.73. The Bertz CT molecular complexity index is 1020. The highest BCUT2D eigenvalue weighted by atomic mass is 32.2. The lowest BCUT2D eigenvalue weighted by molar-refractivity contribution is -0.128. The molecule has 31 heavy (non-hydrogen) atoms. The van der Waals surface area contributed by atoms with Crippen LogP contribution in [0.25, 0.3) is 0 Å². The number of thioether (sulfide) groups is 1. The minimum Gasteiger partial charge on any atom is -0.346 e. The first-order valence-electron chi connectivity index (χ1n) is 10.5. The topological polar surface area (TPSA) is 49.4 Å². The Morgan fingerprint density at radius 2 is 1.65 bits per heavy atom. The largest absolute Gasteiger partial charge is 0.346 e. The van der Waals surface area contributed by atoms with E-state index in [0.717, 1.165) is 17.5 Å². The van der Waals surface area contributed by atoms with Crippen LogP contribution in [0, 0.1) is 0 Å². The highest BCUT2D eigenvalue weighted by Crippen LogP contribution is 2.38.